The Labute approximate surface area is 154 Å². The number of amides is 2. The van der Waals surface area contributed by atoms with Crippen molar-refractivity contribution in [3.63, 3.8) is 0 Å². The molecule has 1 aromatic rings. The first kappa shape index (κ1) is 20.7. The fraction of sp³-hybridized carbons (Fsp3) is 0.444. The van der Waals surface area contributed by atoms with Gasteiger partial charge in [-0.25, -0.2) is 4.39 Å². The molecule has 1 aliphatic rings. The molecule has 0 spiro atoms. The van der Waals surface area contributed by atoms with Crippen LogP contribution in [0.25, 0.3) is 0 Å². The van der Waals surface area contributed by atoms with Gasteiger partial charge in [0.15, 0.2) is 0 Å². The van der Waals surface area contributed by atoms with E-state index < -0.39 is 31.1 Å². The normalized spacial score (nSPS) is 14.8. The van der Waals surface area contributed by atoms with Gasteiger partial charge in [-0.1, -0.05) is 6.92 Å². The van der Waals surface area contributed by atoms with Crippen LogP contribution in [0.3, 0.4) is 0 Å². The van der Waals surface area contributed by atoms with Crippen molar-refractivity contribution < 1.29 is 31.9 Å². The minimum absolute atomic E-state index is 0.102. The molecule has 0 radical (unpaired) electrons. The number of benzene rings is 1. The van der Waals surface area contributed by atoms with Gasteiger partial charge in [-0.05, 0) is 42.2 Å². The fourth-order valence-corrected chi connectivity index (χ4v) is 2.57. The first-order chi connectivity index (χ1) is 12.7. The van der Waals surface area contributed by atoms with Crippen LogP contribution >= 0.6 is 0 Å². The standard InChI is InChI=1S/C18H20F4N2O3/c1-2-12(8-19)10-27-14-3-4-15-13(7-14)5-6-24(17(15)26)9-16(25)23-11-18(20,21)22/h3-4,7-8H,2,5-6,9-11H2,1H3,(H,23,25). The molecule has 148 valence electrons. The van der Waals surface area contributed by atoms with Crippen LogP contribution in [0.5, 0.6) is 5.75 Å². The summed E-state index contributed by atoms with van der Waals surface area (Å²) in [6.07, 6.45) is -3.04. The molecular formula is C18H20F4N2O3. The second kappa shape index (κ2) is 8.88. The van der Waals surface area contributed by atoms with Crippen molar-refractivity contribution in [2.45, 2.75) is 25.9 Å². The number of fused-ring (bicyclic) bond motifs is 1. The molecule has 0 aliphatic carbocycles. The maximum atomic E-state index is 12.6. The summed E-state index contributed by atoms with van der Waals surface area (Å²) in [4.78, 5) is 25.3. The maximum absolute atomic E-state index is 12.6. The first-order valence-electron chi connectivity index (χ1n) is 8.40. The summed E-state index contributed by atoms with van der Waals surface area (Å²) < 4.78 is 54.5. The van der Waals surface area contributed by atoms with E-state index in [2.05, 4.69) is 0 Å². The second-order valence-electron chi connectivity index (χ2n) is 6.10. The van der Waals surface area contributed by atoms with Gasteiger partial charge >= 0.3 is 6.18 Å². The van der Waals surface area contributed by atoms with E-state index in [0.29, 0.717) is 41.6 Å². The number of rotatable bonds is 7. The van der Waals surface area contributed by atoms with E-state index in [1.165, 1.54) is 11.0 Å². The number of hydrogen-bond donors (Lipinski definition) is 1. The number of hydrogen-bond acceptors (Lipinski definition) is 3. The highest BCUT2D eigenvalue weighted by Gasteiger charge is 2.30. The fourth-order valence-electron chi connectivity index (χ4n) is 2.57. The summed E-state index contributed by atoms with van der Waals surface area (Å²) in [5.74, 6) is -0.803. The number of carbonyl (C=O) groups excluding carboxylic acids is 2. The van der Waals surface area contributed by atoms with Crippen LogP contribution in [0.2, 0.25) is 0 Å². The summed E-state index contributed by atoms with van der Waals surface area (Å²) in [7, 11) is 0. The summed E-state index contributed by atoms with van der Waals surface area (Å²) in [6, 6.07) is 4.78. The first-order valence-corrected chi connectivity index (χ1v) is 8.40. The monoisotopic (exact) mass is 388 g/mol. The van der Waals surface area contributed by atoms with Gasteiger partial charge in [-0.15, -0.1) is 0 Å². The summed E-state index contributed by atoms with van der Waals surface area (Å²) in [6.45, 7) is 0.246. The van der Waals surface area contributed by atoms with Crippen LogP contribution in [0.1, 0.15) is 29.3 Å². The van der Waals surface area contributed by atoms with Crippen molar-refractivity contribution in [3.8, 4) is 5.75 Å². The number of nitrogens with zero attached hydrogens (tertiary/aromatic N) is 1. The van der Waals surface area contributed by atoms with Gasteiger partial charge < -0.3 is 15.0 Å². The Balaban J connectivity index is 1.98. The topological polar surface area (TPSA) is 58.6 Å². The predicted octanol–water partition coefficient (Wildman–Crippen LogP) is 3.01. The van der Waals surface area contributed by atoms with Crippen LogP contribution in [0.15, 0.2) is 30.1 Å². The Morgan fingerprint density at radius 2 is 2.11 bits per heavy atom. The average molecular weight is 388 g/mol. The van der Waals surface area contributed by atoms with E-state index in [0.717, 1.165) is 0 Å². The molecule has 2 amide bonds. The van der Waals surface area contributed by atoms with E-state index in [9.17, 15) is 27.2 Å². The third-order valence-electron chi connectivity index (χ3n) is 4.10. The Morgan fingerprint density at radius 1 is 1.37 bits per heavy atom. The number of carbonyl (C=O) groups is 2. The van der Waals surface area contributed by atoms with Crippen molar-refractivity contribution in [1.29, 1.82) is 0 Å². The molecular weight excluding hydrogens is 368 g/mol. The zero-order valence-corrected chi connectivity index (χ0v) is 14.7. The van der Waals surface area contributed by atoms with Crippen molar-refractivity contribution in [3.05, 3.63) is 41.2 Å². The van der Waals surface area contributed by atoms with Crippen LogP contribution in [0.4, 0.5) is 17.6 Å². The molecule has 1 aliphatic heterocycles. The van der Waals surface area contributed by atoms with E-state index in [1.807, 2.05) is 0 Å². The predicted molar refractivity (Wildman–Crippen MR) is 90.1 cm³/mol. The third kappa shape index (κ3) is 5.97. The lowest BCUT2D eigenvalue weighted by atomic mass is 9.98. The van der Waals surface area contributed by atoms with Crippen molar-refractivity contribution >= 4 is 11.8 Å². The quantitative estimate of drug-likeness (QED) is 0.731. The van der Waals surface area contributed by atoms with Gasteiger partial charge in [0.2, 0.25) is 5.91 Å². The van der Waals surface area contributed by atoms with E-state index in [4.69, 9.17) is 4.74 Å². The molecule has 0 aromatic heterocycles. The molecule has 0 saturated carbocycles. The number of alkyl halides is 3. The highest BCUT2D eigenvalue weighted by molar-refractivity contribution is 5.98. The number of nitrogens with one attached hydrogen (secondary N) is 1. The second-order valence-corrected chi connectivity index (χ2v) is 6.10. The highest BCUT2D eigenvalue weighted by Crippen LogP contribution is 2.24. The average Bonchev–Trinajstić information content (AvgIpc) is 2.62. The zero-order valence-electron chi connectivity index (χ0n) is 14.7. The van der Waals surface area contributed by atoms with Crippen LogP contribution in [-0.2, 0) is 11.2 Å². The Hall–Kier alpha value is -2.58. The molecule has 2 rings (SSSR count). The van der Waals surface area contributed by atoms with Gasteiger partial charge in [0, 0.05) is 12.1 Å². The van der Waals surface area contributed by atoms with Gasteiger partial charge in [0.25, 0.3) is 5.91 Å². The molecule has 5 nitrogen and oxygen atoms in total. The molecule has 0 atom stereocenters. The van der Waals surface area contributed by atoms with E-state index in [-0.39, 0.29) is 13.2 Å². The minimum Gasteiger partial charge on any atom is -0.489 e. The van der Waals surface area contributed by atoms with E-state index in [1.54, 1.807) is 24.4 Å². The lowest BCUT2D eigenvalue weighted by molar-refractivity contribution is -0.138. The Kier molecular flexibility index (Phi) is 6.81. The number of ether oxygens (including phenoxy) is 1. The van der Waals surface area contributed by atoms with Crippen LogP contribution < -0.4 is 10.1 Å². The highest BCUT2D eigenvalue weighted by atomic mass is 19.4. The third-order valence-corrected chi connectivity index (χ3v) is 4.10. The molecule has 0 bridgehead atoms. The summed E-state index contributed by atoms with van der Waals surface area (Å²) >= 11 is 0. The maximum Gasteiger partial charge on any atom is 0.405 e. The smallest absolute Gasteiger partial charge is 0.405 e. The molecule has 27 heavy (non-hydrogen) atoms. The summed E-state index contributed by atoms with van der Waals surface area (Å²) in [5.41, 5.74) is 1.58. The SMILES string of the molecule is CCC(=CF)COc1ccc2c(c1)CCN(CC(=O)NCC(F)(F)F)C2=O. The molecule has 9 heteroatoms. The Morgan fingerprint density at radius 3 is 2.74 bits per heavy atom. The lowest BCUT2D eigenvalue weighted by Crippen LogP contribution is -2.45. The van der Waals surface area contributed by atoms with E-state index >= 15 is 0 Å². The van der Waals surface area contributed by atoms with Gasteiger partial charge in [-0.2, -0.15) is 13.2 Å². The largest absolute Gasteiger partial charge is 0.489 e. The molecule has 1 aromatic carbocycles. The van der Waals surface area contributed by atoms with Crippen molar-refractivity contribution in [2.75, 3.05) is 26.2 Å². The van der Waals surface area contributed by atoms with Gasteiger partial charge in [0.05, 0.1) is 12.9 Å². The Bertz CT molecular complexity index is 732. The van der Waals surface area contributed by atoms with Crippen LogP contribution in [-0.4, -0.2) is 49.1 Å². The molecule has 0 unspecified atom stereocenters. The minimum atomic E-state index is -4.50. The molecule has 1 heterocycles. The zero-order chi connectivity index (χ0) is 20.0. The molecule has 0 saturated heterocycles. The molecule has 0 fully saturated rings. The van der Waals surface area contributed by atoms with Gasteiger partial charge in [0.1, 0.15) is 18.9 Å². The van der Waals surface area contributed by atoms with Crippen LogP contribution in [0, 0.1) is 0 Å². The lowest BCUT2D eigenvalue weighted by Gasteiger charge is -2.28. The van der Waals surface area contributed by atoms with Crippen molar-refractivity contribution in [2.24, 2.45) is 0 Å². The number of halogens is 4. The summed E-state index contributed by atoms with van der Waals surface area (Å²) in [5, 5.41) is 1.75. The molecule has 1 N–H and O–H groups in total. The van der Waals surface area contributed by atoms with Crippen molar-refractivity contribution in [1.82, 2.24) is 10.2 Å². The van der Waals surface area contributed by atoms with Gasteiger partial charge in [-0.3, -0.25) is 9.59 Å².